The zero-order chi connectivity index (χ0) is 19.4. The second-order valence-corrected chi connectivity index (χ2v) is 8.44. The van der Waals surface area contributed by atoms with Gasteiger partial charge in [0, 0.05) is 18.2 Å². The summed E-state index contributed by atoms with van der Waals surface area (Å²) in [5.41, 5.74) is 2.20. The van der Waals surface area contributed by atoms with Crippen molar-refractivity contribution in [2.45, 2.75) is 37.1 Å². The van der Waals surface area contributed by atoms with Crippen molar-refractivity contribution in [3.05, 3.63) is 59.2 Å². The molecule has 1 saturated carbocycles. The van der Waals surface area contributed by atoms with E-state index in [0.717, 1.165) is 29.7 Å². The summed E-state index contributed by atoms with van der Waals surface area (Å²) in [6, 6.07) is 12.3. The molecule has 0 radical (unpaired) electrons. The van der Waals surface area contributed by atoms with Crippen molar-refractivity contribution in [2.75, 3.05) is 13.7 Å². The van der Waals surface area contributed by atoms with Crippen molar-refractivity contribution in [2.24, 2.45) is 0 Å². The first kappa shape index (κ1) is 19.4. The van der Waals surface area contributed by atoms with Gasteiger partial charge in [0.25, 0.3) is 5.91 Å². The molecule has 7 heteroatoms. The minimum absolute atomic E-state index is 0.0260. The number of carbonyl (C=O) groups excluding carboxylic acids is 1. The highest BCUT2D eigenvalue weighted by Gasteiger charge is 2.28. The molecule has 3 rings (SSSR count). The predicted octanol–water partition coefficient (Wildman–Crippen LogP) is 2.42. The Balaban J connectivity index is 1.63. The molecule has 0 heterocycles. The molecule has 1 fully saturated rings. The summed E-state index contributed by atoms with van der Waals surface area (Å²) >= 11 is 0. The van der Waals surface area contributed by atoms with Crippen LogP contribution < -0.4 is 14.8 Å². The first-order valence-corrected chi connectivity index (χ1v) is 10.4. The van der Waals surface area contributed by atoms with Crippen LogP contribution in [0.5, 0.6) is 5.75 Å². The van der Waals surface area contributed by atoms with E-state index >= 15 is 0 Å². The van der Waals surface area contributed by atoms with E-state index in [-0.39, 0.29) is 16.8 Å². The highest BCUT2D eigenvalue weighted by Crippen LogP contribution is 2.23. The van der Waals surface area contributed by atoms with Crippen LogP contribution in [0, 0.1) is 6.92 Å². The highest BCUT2D eigenvalue weighted by atomic mass is 32.2. The molecule has 2 aromatic carbocycles. The van der Waals surface area contributed by atoms with Crippen LogP contribution in [0.25, 0.3) is 0 Å². The molecule has 6 nitrogen and oxygen atoms in total. The van der Waals surface area contributed by atoms with E-state index in [9.17, 15) is 13.2 Å². The van der Waals surface area contributed by atoms with Gasteiger partial charge in [-0.1, -0.05) is 18.2 Å². The normalized spacial score (nSPS) is 14.0. The molecule has 1 amide bonds. The average molecular weight is 388 g/mol. The van der Waals surface area contributed by atoms with Gasteiger partial charge in [-0.25, -0.2) is 13.1 Å². The topological polar surface area (TPSA) is 84.5 Å². The number of carbonyl (C=O) groups is 1. The summed E-state index contributed by atoms with van der Waals surface area (Å²) in [7, 11) is -1.96. The molecule has 2 N–H and O–H groups in total. The Hall–Kier alpha value is -2.38. The lowest BCUT2D eigenvalue weighted by Crippen LogP contribution is -2.28. The SMILES string of the molecule is COc1ccc(CCNC(=O)c2cc(S(=O)(=O)NC3CC3)ccc2C)cc1. The number of aryl methyl sites for hydroxylation is 1. The number of methoxy groups -OCH3 is 1. The average Bonchev–Trinajstić information content (AvgIpc) is 3.45. The number of ether oxygens (including phenoxy) is 1. The Bertz CT molecular complexity index is 919. The number of rotatable bonds is 8. The van der Waals surface area contributed by atoms with Crippen molar-refractivity contribution in [1.29, 1.82) is 0 Å². The molecule has 0 aromatic heterocycles. The van der Waals surface area contributed by atoms with Gasteiger partial charge in [-0.2, -0.15) is 0 Å². The molecule has 0 unspecified atom stereocenters. The number of amides is 1. The summed E-state index contributed by atoms with van der Waals surface area (Å²) in [5, 5.41) is 2.86. The van der Waals surface area contributed by atoms with E-state index in [2.05, 4.69) is 10.0 Å². The molecular weight excluding hydrogens is 364 g/mol. The summed E-state index contributed by atoms with van der Waals surface area (Å²) in [4.78, 5) is 12.6. The number of hydrogen-bond donors (Lipinski definition) is 2. The molecule has 0 spiro atoms. The van der Waals surface area contributed by atoms with E-state index in [1.165, 1.54) is 12.1 Å². The Labute approximate surface area is 160 Å². The molecule has 1 aliphatic rings. The first-order chi connectivity index (χ1) is 12.9. The van der Waals surface area contributed by atoms with Crippen LogP contribution >= 0.6 is 0 Å². The van der Waals surface area contributed by atoms with E-state index in [1.807, 2.05) is 24.3 Å². The fraction of sp³-hybridized carbons (Fsp3) is 0.350. The second-order valence-electron chi connectivity index (χ2n) is 6.73. The summed E-state index contributed by atoms with van der Waals surface area (Å²) < 4.78 is 32.5. The monoisotopic (exact) mass is 388 g/mol. The van der Waals surface area contributed by atoms with Crippen LogP contribution in [0.3, 0.4) is 0 Å². The molecule has 0 aliphatic heterocycles. The maximum atomic E-state index is 12.5. The van der Waals surface area contributed by atoms with Gasteiger partial charge in [-0.05, 0) is 61.6 Å². The third-order valence-corrected chi connectivity index (χ3v) is 6.04. The summed E-state index contributed by atoms with van der Waals surface area (Å²) in [6.07, 6.45) is 2.41. The third kappa shape index (κ3) is 5.08. The zero-order valence-electron chi connectivity index (χ0n) is 15.5. The van der Waals surface area contributed by atoms with E-state index in [1.54, 1.807) is 20.1 Å². The molecule has 1 aliphatic carbocycles. The van der Waals surface area contributed by atoms with Gasteiger partial charge >= 0.3 is 0 Å². The second kappa shape index (κ2) is 8.10. The maximum Gasteiger partial charge on any atom is 0.251 e. The van der Waals surface area contributed by atoms with Crippen LogP contribution in [-0.4, -0.2) is 34.0 Å². The minimum atomic E-state index is -3.58. The Morgan fingerprint density at radius 3 is 2.48 bits per heavy atom. The number of benzene rings is 2. The van der Waals surface area contributed by atoms with Gasteiger partial charge in [0.2, 0.25) is 10.0 Å². The van der Waals surface area contributed by atoms with Gasteiger partial charge in [0.15, 0.2) is 0 Å². The lowest BCUT2D eigenvalue weighted by molar-refractivity contribution is 0.0953. The maximum absolute atomic E-state index is 12.5. The van der Waals surface area contributed by atoms with Gasteiger partial charge in [-0.15, -0.1) is 0 Å². The predicted molar refractivity (Wildman–Crippen MR) is 104 cm³/mol. The minimum Gasteiger partial charge on any atom is -0.497 e. The van der Waals surface area contributed by atoms with Crippen LogP contribution in [0.2, 0.25) is 0 Å². The Morgan fingerprint density at radius 2 is 1.85 bits per heavy atom. The van der Waals surface area contributed by atoms with Crippen molar-refractivity contribution in [3.63, 3.8) is 0 Å². The summed E-state index contributed by atoms with van der Waals surface area (Å²) in [6.45, 7) is 2.25. The number of nitrogens with one attached hydrogen (secondary N) is 2. The Kier molecular flexibility index (Phi) is 5.82. The lowest BCUT2D eigenvalue weighted by atomic mass is 10.1. The number of sulfonamides is 1. The molecule has 0 bridgehead atoms. The van der Waals surface area contributed by atoms with E-state index in [4.69, 9.17) is 4.74 Å². The van der Waals surface area contributed by atoms with Gasteiger partial charge in [0.05, 0.1) is 12.0 Å². The fourth-order valence-electron chi connectivity index (χ4n) is 2.71. The molecule has 27 heavy (non-hydrogen) atoms. The van der Waals surface area contributed by atoms with Crippen LogP contribution in [0.15, 0.2) is 47.4 Å². The molecule has 0 atom stereocenters. The standard InChI is InChI=1S/C20H24N2O4S/c1-14-3-10-18(27(24,25)22-16-6-7-16)13-19(14)20(23)21-12-11-15-4-8-17(26-2)9-5-15/h3-5,8-10,13,16,22H,6-7,11-12H2,1-2H3,(H,21,23). The molecular formula is C20H24N2O4S. The van der Waals surface area contributed by atoms with E-state index in [0.29, 0.717) is 18.5 Å². The summed E-state index contributed by atoms with van der Waals surface area (Å²) in [5.74, 6) is 0.515. The van der Waals surface area contributed by atoms with E-state index < -0.39 is 10.0 Å². The molecule has 2 aromatic rings. The quantitative estimate of drug-likeness (QED) is 0.727. The van der Waals surface area contributed by atoms with Gasteiger partial charge in [0.1, 0.15) is 5.75 Å². The number of hydrogen-bond acceptors (Lipinski definition) is 4. The smallest absolute Gasteiger partial charge is 0.251 e. The first-order valence-electron chi connectivity index (χ1n) is 8.93. The highest BCUT2D eigenvalue weighted by molar-refractivity contribution is 7.89. The Morgan fingerprint density at radius 1 is 1.15 bits per heavy atom. The molecule has 0 saturated heterocycles. The largest absolute Gasteiger partial charge is 0.497 e. The van der Waals surface area contributed by atoms with Crippen LogP contribution in [-0.2, 0) is 16.4 Å². The van der Waals surface area contributed by atoms with Gasteiger partial charge < -0.3 is 10.1 Å². The van der Waals surface area contributed by atoms with Crippen molar-refractivity contribution in [1.82, 2.24) is 10.0 Å². The third-order valence-electron chi connectivity index (χ3n) is 4.52. The van der Waals surface area contributed by atoms with Crippen molar-refractivity contribution in [3.8, 4) is 5.75 Å². The van der Waals surface area contributed by atoms with Gasteiger partial charge in [-0.3, -0.25) is 4.79 Å². The van der Waals surface area contributed by atoms with Crippen molar-refractivity contribution < 1.29 is 17.9 Å². The zero-order valence-corrected chi connectivity index (χ0v) is 16.3. The van der Waals surface area contributed by atoms with Crippen molar-refractivity contribution >= 4 is 15.9 Å². The lowest BCUT2D eigenvalue weighted by Gasteiger charge is -2.11. The van der Waals surface area contributed by atoms with Crippen LogP contribution in [0.4, 0.5) is 0 Å². The molecule has 144 valence electrons. The van der Waals surface area contributed by atoms with Crippen LogP contribution in [0.1, 0.15) is 34.3 Å². The fourth-order valence-corrected chi connectivity index (χ4v) is 4.04.